The zero-order chi connectivity index (χ0) is 13.3. The summed E-state index contributed by atoms with van der Waals surface area (Å²) in [6, 6.07) is 7.86. The minimum absolute atomic E-state index is 0.0368. The van der Waals surface area contributed by atoms with Crippen molar-refractivity contribution in [3.05, 3.63) is 29.8 Å². The van der Waals surface area contributed by atoms with Crippen molar-refractivity contribution < 1.29 is 9.53 Å². The average Bonchev–Trinajstić information content (AvgIpc) is 2.38. The number of para-hydroxylation sites is 1. The molecule has 4 heteroatoms. The maximum atomic E-state index is 12.0. The van der Waals surface area contributed by atoms with Gasteiger partial charge >= 0.3 is 0 Å². The van der Waals surface area contributed by atoms with Gasteiger partial charge in [-0.25, -0.2) is 0 Å². The van der Waals surface area contributed by atoms with E-state index in [1.807, 2.05) is 31.2 Å². The van der Waals surface area contributed by atoms with E-state index >= 15 is 0 Å². The van der Waals surface area contributed by atoms with Crippen molar-refractivity contribution in [1.29, 1.82) is 0 Å². The first-order valence-electron chi connectivity index (χ1n) is 6.19. The van der Waals surface area contributed by atoms with Crippen LogP contribution >= 0.6 is 11.6 Å². The maximum absolute atomic E-state index is 12.0. The molecule has 0 saturated carbocycles. The van der Waals surface area contributed by atoms with Gasteiger partial charge in [-0.2, -0.15) is 0 Å². The molecule has 0 aliphatic carbocycles. The van der Waals surface area contributed by atoms with E-state index in [0.29, 0.717) is 0 Å². The van der Waals surface area contributed by atoms with Gasteiger partial charge in [-0.15, -0.1) is 11.6 Å². The van der Waals surface area contributed by atoms with E-state index in [9.17, 15) is 4.79 Å². The summed E-state index contributed by atoms with van der Waals surface area (Å²) in [5.74, 6) is -0.167. The Hall–Kier alpha value is -1.06. The monoisotopic (exact) mass is 267 g/mol. The minimum atomic E-state index is -0.348. The van der Waals surface area contributed by atoms with E-state index in [4.69, 9.17) is 16.3 Å². The molecule has 3 nitrogen and oxygen atoms in total. The van der Waals surface area contributed by atoms with Crippen molar-refractivity contribution in [2.24, 2.45) is 0 Å². The fraction of sp³-hybridized carbons (Fsp3) is 0.500. The third-order valence-corrected chi connectivity index (χ3v) is 3.81. The summed E-state index contributed by atoms with van der Waals surface area (Å²) >= 11 is 5.68. The van der Waals surface area contributed by atoms with Crippen LogP contribution in [0, 0.1) is 0 Å². The smallest absolute Gasteiger partial charge is 0.244 e. The zero-order valence-corrected chi connectivity index (χ0v) is 11.7. The van der Waals surface area contributed by atoms with Crippen LogP contribution < -0.4 is 4.90 Å². The lowest BCUT2D eigenvalue weighted by molar-refractivity contribution is -0.127. The summed E-state index contributed by atoms with van der Waals surface area (Å²) in [5, 5.41) is 0. The first-order chi connectivity index (χ1) is 8.53. The molecular formula is C14H18ClNO2. The molecule has 1 amide bonds. The second kappa shape index (κ2) is 4.90. The number of hydrogen-bond acceptors (Lipinski definition) is 2. The Labute approximate surface area is 113 Å². The Kier molecular flexibility index (Phi) is 3.64. The standard InChI is InChI=1S/C14H18ClNO2/c1-4-14(3)11-7-5-6-8-12(11)16(10(2)18-14)13(17)9-15/h5-8,10H,4,9H2,1-3H3. The lowest BCUT2D eigenvalue weighted by Crippen LogP contribution is -2.50. The summed E-state index contributed by atoms with van der Waals surface area (Å²) in [5.41, 5.74) is 1.61. The van der Waals surface area contributed by atoms with Crippen molar-refractivity contribution in [3.63, 3.8) is 0 Å². The number of carbonyl (C=O) groups is 1. The number of fused-ring (bicyclic) bond motifs is 1. The Bertz CT molecular complexity index is 463. The zero-order valence-electron chi connectivity index (χ0n) is 10.9. The maximum Gasteiger partial charge on any atom is 0.244 e. The number of carbonyl (C=O) groups excluding carboxylic acids is 1. The molecule has 18 heavy (non-hydrogen) atoms. The second-order valence-electron chi connectivity index (χ2n) is 4.72. The van der Waals surface area contributed by atoms with Crippen molar-refractivity contribution in [2.75, 3.05) is 10.8 Å². The van der Waals surface area contributed by atoms with Crippen LogP contribution in [0.3, 0.4) is 0 Å². The average molecular weight is 268 g/mol. The summed E-state index contributed by atoms with van der Waals surface area (Å²) in [7, 11) is 0. The normalized spacial score (nSPS) is 26.9. The van der Waals surface area contributed by atoms with Gasteiger partial charge in [0.25, 0.3) is 0 Å². The Morgan fingerprint density at radius 3 is 2.78 bits per heavy atom. The molecule has 1 aliphatic rings. The molecule has 98 valence electrons. The molecule has 0 bridgehead atoms. The van der Waals surface area contributed by atoms with Gasteiger partial charge in [0.05, 0.1) is 11.3 Å². The van der Waals surface area contributed by atoms with Crippen LogP contribution in [0.1, 0.15) is 32.8 Å². The van der Waals surface area contributed by atoms with Crippen LogP contribution in [-0.4, -0.2) is 18.0 Å². The van der Waals surface area contributed by atoms with Gasteiger partial charge in [0, 0.05) is 5.56 Å². The molecule has 1 aliphatic heterocycles. The highest BCUT2D eigenvalue weighted by atomic mass is 35.5. The molecule has 0 N–H and O–H groups in total. The van der Waals surface area contributed by atoms with E-state index in [1.165, 1.54) is 0 Å². The van der Waals surface area contributed by atoms with E-state index in [-0.39, 0.29) is 23.6 Å². The predicted molar refractivity (Wildman–Crippen MR) is 72.8 cm³/mol. The number of alkyl halides is 1. The highest BCUT2D eigenvalue weighted by Gasteiger charge is 2.40. The summed E-state index contributed by atoms with van der Waals surface area (Å²) in [6.45, 7) is 6.03. The van der Waals surface area contributed by atoms with Gasteiger partial charge in [0.15, 0.2) is 0 Å². The largest absolute Gasteiger partial charge is 0.347 e. The van der Waals surface area contributed by atoms with E-state index in [0.717, 1.165) is 17.7 Å². The minimum Gasteiger partial charge on any atom is -0.347 e. The number of anilines is 1. The third kappa shape index (κ3) is 2.02. The molecule has 0 spiro atoms. The lowest BCUT2D eigenvalue weighted by Gasteiger charge is -2.44. The molecule has 2 atom stereocenters. The molecule has 0 saturated heterocycles. The number of halogens is 1. The number of benzene rings is 1. The van der Waals surface area contributed by atoms with Crippen LogP contribution in [0.4, 0.5) is 5.69 Å². The van der Waals surface area contributed by atoms with Crippen molar-refractivity contribution >= 4 is 23.2 Å². The SMILES string of the molecule is CCC1(C)OC(C)N(C(=O)CCl)c2ccccc21. The van der Waals surface area contributed by atoms with Crippen LogP contribution in [-0.2, 0) is 15.1 Å². The summed E-state index contributed by atoms with van der Waals surface area (Å²) < 4.78 is 6.03. The first kappa shape index (κ1) is 13.4. The number of hydrogen-bond donors (Lipinski definition) is 0. The van der Waals surface area contributed by atoms with Crippen molar-refractivity contribution in [3.8, 4) is 0 Å². The highest BCUT2D eigenvalue weighted by Crippen LogP contribution is 2.42. The molecule has 0 aromatic heterocycles. The Morgan fingerprint density at radius 2 is 2.17 bits per heavy atom. The van der Waals surface area contributed by atoms with Gasteiger partial charge in [0.1, 0.15) is 12.1 Å². The molecule has 1 aromatic carbocycles. The van der Waals surface area contributed by atoms with E-state index in [1.54, 1.807) is 4.90 Å². The van der Waals surface area contributed by atoms with Crippen LogP contribution in [0.15, 0.2) is 24.3 Å². The molecule has 1 heterocycles. The number of nitrogens with zero attached hydrogens (tertiary/aromatic N) is 1. The molecule has 0 fully saturated rings. The topological polar surface area (TPSA) is 29.5 Å². The van der Waals surface area contributed by atoms with Crippen molar-refractivity contribution in [1.82, 2.24) is 0 Å². The molecule has 1 aromatic rings. The lowest BCUT2D eigenvalue weighted by atomic mass is 9.89. The van der Waals surface area contributed by atoms with Gasteiger partial charge in [0.2, 0.25) is 5.91 Å². The Balaban J connectivity index is 2.55. The summed E-state index contributed by atoms with van der Waals surface area (Å²) in [4.78, 5) is 13.6. The Morgan fingerprint density at radius 1 is 1.50 bits per heavy atom. The molecular weight excluding hydrogens is 250 g/mol. The van der Waals surface area contributed by atoms with Gasteiger partial charge < -0.3 is 4.74 Å². The van der Waals surface area contributed by atoms with Crippen LogP contribution in [0.5, 0.6) is 0 Å². The quantitative estimate of drug-likeness (QED) is 0.770. The van der Waals surface area contributed by atoms with Crippen LogP contribution in [0.25, 0.3) is 0 Å². The number of amides is 1. The fourth-order valence-electron chi connectivity index (χ4n) is 2.49. The number of rotatable bonds is 2. The predicted octanol–water partition coefficient (Wildman–Crippen LogP) is 3.26. The molecule has 2 unspecified atom stereocenters. The molecule has 2 rings (SSSR count). The van der Waals surface area contributed by atoms with Crippen molar-refractivity contribution in [2.45, 2.75) is 39.0 Å². The fourth-order valence-corrected chi connectivity index (χ4v) is 2.62. The van der Waals surface area contributed by atoms with E-state index < -0.39 is 0 Å². The van der Waals surface area contributed by atoms with Gasteiger partial charge in [-0.3, -0.25) is 9.69 Å². The first-order valence-corrected chi connectivity index (χ1v) is 6.72. The van der Waals surface area contributed by atoms with Gasteiger partial charge in [-0.05, 0) is 26.3 Å². The number of ether oxygens (including phenoxy) is 1. The second-order valence-corrected chi connectivity index (χ2v) is 4.98. The summed E-state index contributed by atoms with van der Waals surface area (Å²) in [6.07, 6.45) is 0.563. The third-order valence-electron chi connectivity index (χ3n) is 3.59. The van der Waals surface area contributed by atoms with Crippen LogP contribution in [0.2, 0.25) is 0 Å². The molecule has 0 radical (unpaired) electrons. The highest BCUT2D eigenvalue weighted by molar-refractivity contribution is 6.29. The van der Waals surface area contributed by atoms with E-state index in [2.05, 4.69) is 13.8 Å². The van der Waals surface area contributed by atoms with Gasteiger partial charge in [-0.1, -0.05) is 25.1 Å².